The van der Waals surface area contributed by atoms with Crippen LogP contribution in [0.3, 0.4) is 0 Å². The van der Waals surface area contributed by atoms with Crippen LogP contribution in [-0.2, 0) is 28.6 Å². The molecule has 0 amide bonds. The number of hydrogen-bond donors (Lipinski definition) is 0. The highest BCUT2D eigenvalue weighted by molar-refractivity contribution is 5.71. The van der Waals surface area contributed by atoms with Gasteiger partial charge >= 0.3 is 17.9 Å². The second-order valence-electron chi connectivity index (χ2n) is 21.7. The summed E-state index contributed by atoms with van der Waals surface area (Å²) in [6.45, 7) is 6.61. The smallest absolute Gasteiger partial charge is 0.306 e. The summed E-state index contributed by atoms with van der Waals surface area (Å²) in [7, 11) is 0. The summed E-state index contributed by atoms with van der Waals surface area (Å²) in [5.41, 5.74) is 0. The summed E-state index contributed by atoms with van der Waals surface area (Å²) in [4.78, 5) is 38.1. The number of allylic oxidation sites excluding steroid dienone is 8. The van der Waals surface area contributed by atoms with Gasteiger partial charge in [0.1, 0.15) is 13.2 Å². The van der Waals surface area contributed by atoms with Crippen LogP contribution in [0, 0.1) is 0 Å². The van der Waals surface area contributed by atoms with Crippen molar-refractivity contribution in [3.05, 3.63) is 48.6 Å². The first-order valence-electron chi connectivity index (χ1n) is 32.1. The van der Waals surface area contributed by atoms with Crippen LogP contribution in [0.4, 0.5) is 0 Å². The third-order valence-corrected chi connectivity index (χ3v) is 14.3. The minimum atomic E-state index is -0.776. The Bertz CT molecular complexity index is 1270. The molecule has 0 saturated heterocycles. The molecule has 0 aliphatic rings. The van der Waals surface area contributed by atoms with Gasteiger partial charge in [0.05, 0.1) is 0 Å². The Kier molecular flexibility index (Phi) is 59.7. The number of ether oxygens (including phenoxy) is 3. The van der Waals surface area contributed by atoms with Crippen LogP contribution in [0.2, 0.25) is 0 Å². The number of hydrogen-bond acceptors (Lipinski definition) is 6. The largest absolute Gasteiger partial charge is 0.462 e. The number of esters is 3. The van der Waals surface area contributed by atoms with E-state index in [1.165, 1.54) is 212 Å². The van der Waals surface area contributed by atoms with Gasteiger partial charge in [0.15, 0.2) is 6.10 Å². The molecule has 6 heteroatoms. The first-order chi connectivity index (χ1) is 36.0. The predicted octanol–water partition coefficient (Wildman–Crippen LogP) is 21.8. The topological polar surface area (TPSA) is 78.9 Å². The molecule has 0 aromatic heterocycles. The van der Waals surface area contributed by atoms with Crippen molar-refractivity contribution < 1.29 is 28.6 Å². The van der Waals surface area contributed by atoms with E-state index in [4.69, 9.17) is 14.2 Å². The van der Waals surface area contributed by atoms with Crippen molar-refractivity contribution in [2.45, 2.75) is 348 Å². The van der Waals surface area contributed by atoms with E-state index < -0.39 is 6.10 Å². The molecular formula is C67H122O6. The van der Waals surface area contributed by atoms with Crippen molar-refractivity contribution in [2.75, 3.05) is 13.2 Å². The summed E-state index contributed by atoms with van der Waals surface area (Å²) in [6, 6.07) is 0. The van der Waals surface area contributed by atoms with E-state index in [-0.39, 0.29) is 31.1 Å². The lowest BCUT2D eigenvalue weighted by Crippen LogP contribution is -2.30. The highest BCUT2D eigenvalue weighted by Gasteiger charge is 2.19. The van der Waals surface area contributed by atoms with Gasteiger partial charge in [-0.15, -0.1) is 0 Å². The van der Waals surface area contributed by atoms with Crippen molar-refractivity contribution in [3.63, 3.8) is 0 Å². The van der Waals surface area contributed by atoms with Crippen LogP contribution in [0.1, 0.15) is 342 Å². The Hall–Kier alpha value is -2.63. The molecule has 0 aromatic rings. The van der Waals surface area contributed by atoms with Gasteiger partial charge < -0.3 is 14.2 Å². The van der Waals surface area contributed by atoms with Gasteiger partial charge in [-0.3, -0.25) is 14.4 Å². The number of carbonyl (C=O) groups excluding carboxylic acids is 3. The Labute approximate surface area is 454 Å². The van der Waals surface area contributed by atoms with Crippen LogP contribution < -0.4 is 0 Å². The zero-order valence-electron chi connectivity index (χ0n) is 48.9. The Morgan fingerprint density at radius 1 is 0.274 bits per heavy atom. The van der Waals surface area contributed by atoms with E-state index in [1.54, 1.807) is 0 Å². The molecule has 0 saturated carbocycles. The lowest BCUT2D eigenvalue weighted by Gasteiger charge is -2.18. The molecule has 0 fully saturated rings. The monoisotopic (exact) mass is 1020 g/mol. The van der Waals surface area contributed by atoms with Crippen LogP contribution in [0.5, 0.6) is 0 Å². The van der Waals surface area contributed by atoms with Crippen molar-refractivity contribution in [1.82, 2.24) is 0 Å². The fourth-order valence-corrected chi connectivity index (χ4v) is 9.45. The maximum atomic E-state index is 12.8. The molecule has 0 rings (SSSR count). The third kappa shape index (κ3) is 60.1. The molecule has 1 unspecified atom stereocenters. The van der Waals surface area contributed by atoms with Gasteiger partial charge in [-0.1, -0.05) is 288 Å². The minimum Gasteiger partial charge on any atom is -0.462 e. The minimum absolute atomic E-state index is 0.0745. The molecule has 0 N–H and O–H groups in total. The first-order valence-corrected chi connectivity index (χ1v) is 32.1. The Morgan fingerprint density at radius 2 is 0.493 bits per heavy atom. The van der Waals surface area contributed by atoms with Crippen molar-refractivity contribution >= 4 is 17.9 Å². The summed E-state index contributed by atoms with van der Waals surface area (Å²) < 4.78 is 16.8. The highest BCUT2D eigenvalue weighted by atomic mass is 16.6. The van der Waals surface area contributed by atoms with Crippen molar-refractivity contribution in [1.29, 1.82) is 0 Å². The normalized spacial score (nSPS) is 12.3. The second kappa shape index (κ2) is 61.9. The van der Waals surface area contributed by atoms with E-state index in [2.05, 4.69) is 69.4 Å². The predicted molar refractivity (Wildman–Crippen MR) is 316 cm³/mol. The van der Waals surface area contributed by atoms with E-state index in [0.717, 1.165) is 89.9 Å². The van der Waals surface area contributed by atoms with Gasteiger partial charge in [-0.25, -0.2) is 0 Å². The molecule has 0 spiro atoms. The summed E-state index contributed by atoms with van der Waals surface area (Å²) in [5.74, 6) is -0.874. The molecule has 1 atom stereocenters. The quantitative estimate of drug-likeness (QED) is 0.0261. The third-order valence-electron chi connectivity index (χ3n) is 14.3. The van der Waals surface area contributed by atoms with Crippen LogP contribution in [0.15, 0.2) is 48.6 Å². The molecule has 73 heavy (non-hydrogen) atoms. The van der Waals surface area contributed by atoms with Gasteiger partial charge in [0.2, 0.25) is 0 Å². The molecule has 0 aliphatic heterocycles. The molecule has 0 bridgehead atoms. The summed E-state index contributed by atoms with van der Waals surface area (Å²) in [6.07, 6.45) is 77.2. The fourth-order valence-electron chi connectivity index (χ4n) is 9.45. The van der Waals surface area contributed by atoms with Gasteiger partial charge in [-0.2, -0.15) is 0 Å². The zero-order chi connectivity index (χ0) is 52.9. The average molecular weight is 1020 g/mol. The molecule has 0 aromatic carbocycles. The van der Waals surface area contributed by atoms with Crippen LogP contribution >= 0.6 is 0 Å². The summed E-state index contributed by atoms with van der Waals surface area (Å²) >= 11 is 0. The lowest BCUT2D eigenvalue weighted by molar-refractivity contribution is -0.167. The number of rotatable bonds is 59. The maximum Gasteiger partial charge on any atom is 0.306 e. The molecule has 0 heterocycles. The van der Waals surface area contributed by atoms with E-state index >= 15 is 0 Å². The van der Waals surface area contributed by atoms with Gasteiger partial charge in [0, 0.05) is 19.3 Å². The van der Waals surface area contributed by atoms with Crippen LogP contribution in [-0.4, -0.2) is 37.2 Å². The van der Waals surface area contributed by atoms with Crippen LogP contribution in [0.25, 0.3) is 0 Å². The van der Waals surface area contributed by atoms with E-state index in [1.807, 2.05) is 0 Å². The van der Waals surface area contributed by atoms with Gasteiger partial charge in [-0.05, 0) is 83.5 Å². The van der Waals surface area contributed by atoms with E-state index in [9.17, 15) is 14.4 Å². The molecule has 0 radical (unpaired) electrons. The zero-order valence-corrected chi connectivity index (χ0v) is 48.9. The Morgan fingerprint density at radius 3 is 0.781 bits per heavy atom. The lowest BCUT2D eigenvalue weighted by atomic mass is 10.0. The Balaban J connectivity index is 4.06. The summed E-state index contributed by atoms with van der Waals surface area (Å²) in [5, 5.41) is 0. The first kappa shape index (κ1) is 70.4. The average Bonchev–Trinajstić information content (AvgIpc) is 3.39. The fraction of sp³-hybridized carbons (Fsp3) is 0.836. The molecule has 426 valence electrons. The molecule has 0 aliphatic carbocycles. The maximum absolute atomic E-state index is 12.8. The van der Waals surface area contributed by atoms with Gasteiger partial charge in [0.25, 0.3) is 0 Å². The van der Waals surface area contributed by atoms with Crippen molar-refractivity contribution in [3.8, 4) is 0 Å². The second-order valence-corrected chi connectivity index (χ2v) is 21.7. The van der Waals surface area contributed by atoms with Crippen molar-refractivity contribution in [2.24, 2.45) is 0 Å². The molecule has 6 nitrogen and oxygen atoms in total. The highest BCUT2D eigenvalue weighted by Crippen LogP contribution is 2.17. The molecular weight excluding hydrogens is 901 g/mol. The van der Waals surface area contributed by atoms with E-state index in [0.29, 0.717) is 19.3 Å². The number of carbonyl (C=O) groups is 3. The standard InChI is InChI=1S/C67H122O6/c1-4-7-10-13-16-19-21-23-25-26-27-28-29-30-31-32-33-34-35-36-37-38-39-40-42-43-45-48-51-54-57-60-66(69)72-63-64(62-71-65(68)59-56-53-50-47-18-15-12-9-6-3)73-67(70)61-58-55-52-49-46-44-41-24-22-20-17-14-11-8-5-2/h17,20-21,23-24,26-27,41,64H,4-16,18-19,22,25,28-40,42-63H2,1-3H3/b20-17-,23-21-,27-26-,41-24-. The number of unbranched alkanes of at least 4 members (excludes halogenated alkanes) is 40. The SMILES string of the molecule is CCCCC/C=C\C/C=C\CCCCCCCC(=O)OC(COC(=O)CCCCCCCCCCC)COC(=O)CCCCCCCCCCCCCCCCCCCCC/C=C\C/C=C\CCCCCCC.